The Hall–Kier alpha value is -0.0400. The summed E-state index contributed by atoms with van der Waals surface area (Å²) in [4.78, 5) is 0. The molecular weight excluding hydrogens is 184 g/mol. The summed E-state index contributed by atoms with van der Waals surface area (Å²) in [5.41, 5.74) is -0.203. The molecule has 0 aromatic rings. The van der Waals surface area contributed by atoms with Gasteiger partial charge in [-0.2, -0.15) is 0 Å². The molecule has 0 radical (unpaired) electrons. The van der Waals surface area contributed by atoms with Gasteiger partial charge in [0.05, 0.1) is 5.60 Å². The highest BCUT2D eigenvalue weighted by Crippen LogP contribution is 2.53. The van der Waals surface area contributed by atoms with Gasteiger partial charge < -0.3 is 5.11 Å². The molecule has 2 aliphatic rings. The van der Waals surface area contributed by atoms with Crippen molar-refractivity contribution < 1.29 is 5.11 Å². The van der Waals surface area contributed by atoms with Gasteiger partial charge in [-0.15, -0.1) is 0 Å². The predicted octanol–water partition coefficient (Wildman–Crippen LogP) is 3.75. The zero-order chi connectivity index (χ0) is 11.1. The molecule has 1 nitrogen and oxygen atoms in total. The van der Waals surface area contributed by atoms with E-state index in [1.54, 1.807) is 0 Å². The Morgan fingerprint density at radius 3 is 2.07 bits per heavy atom. The van der Waals surface area contributed by atoms with E-state index in [4.69, 9.17) is 0 Å². The number of rotatable bonds is 1. The fourth-order valence-corrected chi connectivity index (χ4v) is 3.85. The maximum Gasteiger partial charge on any atom is 0.0726 e. The molecular formula is C14H26O. The van der Waals surface area contributed by atoms with Crippen LogP contribution in [0.25, 0.3) is 0 Å². The van der Waals surface area contributed by atoms with Crippen LogP contribution in [0.15, 0.2) is 0 Å². The molecule has 0 heterocycles. The van der Waals surface area contributed by atoms with Gasteiger partial charge in [0.2, 0.25) is 0 Å². The molecule has 1 unspecified atom stereocenters. The first-order valence-electron chi connectivity index (χ1n) is 6.68. The quantitative estimate of drug-likeness (QED) is 0.699. The van der Waals surface area contributed by atoms with Gasteiger partial charge in [-0.3, -0.25) is 0 Å². The summed E-state index contributed by atoms with van der Waals surface area (Å²) >= 11 is 0. The fraction of sp³-hybridized carbons (Fsp3) is 1.00. The summed E-state index contributed by atoms with van der Waals surface area (Å²) < 4.78 is 0. The molecule has 1 N–H and O–H groups in total. The van der Waals surface area contributed by atoms with E-state index < -0.39 is 0 Å². The van der Waals surface area contributed by atoms with Crippen LogP contribution in [0.4, 0.5) is 0 Å². The third-order valence-electron chi connectivity index (χ3n) is 5.22. The summed E-state index contributed by atoms with van der Waals surface area (Å²) in [6, 6.07) is 0. The van der Waals surface area contributed by atoms with Gasteiger partial charge in [-0.25, -0.2) is 0 Å². The Morgan fingerprint density at radius 1 is 1.00 bits per heavy atom. The maximum absolute atomic E-state index is 10.9. The average Bonchev–Trinajstić information content (AvgIpc) is 2.43. The second-order valence-electron chi connectivity index (χ2n) is 6.62. The lowest BCUT2D eigenvalue weighted by Crippen LogP contribution is -2.47. The molecule has 2 saturated carbocycles. The summed E-state index contributed by atoms with van der Waals surface area (Å²) in [5, 5.41) is 10.9. The van der Waals surface area contributed by atoms with Crippen LogP contribution in [0.1, 0.15) is 65.7 Å². The minimum Gasteiger partial charge on any atom is -0.389 e. The van der Waals surface area contributed by atoms with Gasteiger partial charge >= 0.3 is 0 Å². The molecule has 0 aromatic heterocycles. The van der Waals surface area contributed by atoms with Gasteiger partial charge in [-0.1, -0.05) is 33.6 Å². The van der Waals surface area contributed by atoms with Crippen LogP contribution < -0.4 is 0 Å². The van der Waals surface area contributed by atoms with E-state index in [1.165, 1.54) is 38.5 Å². The van der Waals surface area contributed by atoms with E-state index in [1.807, 2.05) is 0 Å². The van der Waals surface area contributed by atoms with Crippen molar-refractivity contribution in [2.24, 2.45) is 17.3 Å². The molecule has 0 aromatic carbocycles. The van der Waals surface area contributed by atoms with Gasteiger partial charge in [0.15, 0.2) is 0 Å². The molecule has 1 heteroatoms. The summed E-state index contributed by atoms with van der Waals surface area (Å²) in [6.07, 6.45) is 8.61. The summed E-state index contributed by atoms with van der Waals surface area (Å²) in [6.45, 7) is 6.87. The average molecular weight is 210 g/mol. The zero-order valence-corrected chi connectivity index (χ0v) is 10.6. The number of hydrogen-bond acceptors (Lipinski definition) is 1. The lowest BCUT2D eigenvalue weighted by atomic mass is 9.64. The minimum absolute atomic E-state index is 0.151. The van der Waals surface area contributed by atoms with E-state index in [-0.39, 0.29) is 11.0 Å². The first kappa shape index (κ1) is 11.4. The lowest BCUT2D eigenvalue weighted by molar-refractivity contribution is -0.103. The number of hydrogen-bond donors (Lipinski definition) is 1. The van der Waals surface area contributed by atoms with Crippen molar-refractivity contribution in [1.82, 2.24) is 0 Å². The third kappa shape index (κ3) is 1.84. The Bertz CT molecular complexity index is 225. The van der Waals surface area contributed by atoms with Gasteiger partial charge in [0, 0.05) is 0 Å². The Morgan fingerprint density at radius 2 is 1.60 bits per heavy atom. The highest BCUT2D eigenvalue weighted by Gasteiger charge is 2.52. The first-order chi connectivity index (χ1) is 6.96. The van der Waals surface area contributed by atoms with Gasteiger partial charge in [0.1, 0.15) is 0 Å². The molecule has 0 bridgehead atoms. The Labute approximate surface area is 94.3 Å². The van der Waals surface area contributed by atoms with E-state index in [0.29, 0.717) is 5.92 Å². The summed E-state index contributed by atoms with van der Waals surface area (Å²) in [5.74, 6) is 1.46. The predicted molar refractivity (Wildman–Crippen MR) is 63.7 cm³/mol. The molecule has 0 spiro atoms. The van der Waals surface area contributed by atoms with Crippen molar-refractivity contribution in [3.8, 4) is 0 Å². The molecule has 2 fully saturated rings. The van der Waals surface area contributed by atoms with E-state index >= 15 is 0 Å². The van der Waals surface area contributed by atoms with Crippen LogP contribution in [0.5, 0.6) is 0 Å². The SMILES string of the molecule is CC1CCC(C2(O)CCCC2(C)C)CC1. The van der Waals surface area contributed by atoms with Crippen LogP contribution >= 0.6 is 0 Å². The first-order valence-corrected chi connectivity index (χ1v) is 6.68. The summed E-state index contributed by atoms with van der Waals surface area (Å²) in [7, 11) is 0. The van der Waals surface area contributed by atoms with Gasteiger partial charge in [0.25, 0.3) is 0 Å². The van der Waals surface area contributed by atoms with Crippen molar-refractivity contribution in [3.05, 3.63) is 0 Å². The molecule has 88 valence electrons. The third-order valence-corrected chi connectivity index (χ3v) is 5.22. The molecule has 2 aliphatic carbocycles. The second-order valence-corrected chi connectivity index (χ2v) is 6.62. The monoisotopic (exact) mass is 210 g/mol. The van der Waals surface area contributed by atoms with Crippen LogP contribution in [0.2, 0.25) is 0 Å². The molecule has 2 rings (SSSR count). The maximum atomic E-state index is 10.9. The van der Waals surface area contributed by atoms with Crippen LogP contribution in [-0.2, 0) is 0 Å². The van der Waals surface area contributed by atoms with Crippen LogP contribution in [0.3, 0.4) is 0 Å². The largest absolute Gasteiger partial charge is 0.389 e. The fourth-order valence-electron chi connectivity index (χ4n) is 3.85. The Balaban J connectivity index is 2.09. The minimum atomic E-state index is -0.354. The Kier molecular flexibility index (Phi) is 2.87. The van der Waals surface area contributed by atoms with Gasteiger partial charge in [-0.05, 0) is 49.4 Å². The lowest BCUT2D eigenvalue weighted by Gasteiger charge is -2.45. The second kappa shape index (κ2) is 3.76. The molecule has 15 heavy (non-hydrogen) atoms. The van der Waals surface area contributed by atoms with E-state index in [2.05, 4.69) is 20.8 Å². The van der Waals surface area contributed by atoms with Crippen molar-refractivity contribution in [2.45, 2.75) is 71.3 Å². The molecule has 0 aliphatic heterocycles. The van der Waals surface area contributed by atoms with Crippen molar-refractivity contribution in [2.75, 3.05) is 0 Å². The molecule has 0 amide bonds. The van der Waals surface area contributed by atoms with Crippen molar-refractivity contribution >= 4 is 0 Å². The van der Waals surface area contributed by atoms with Crippen molar-refractivity contribution in [1.29, 1.82) is 0 Å². The smallest absolute Gasteiger partial charge is 0.0726 e. The topological polar surface area (TPSA) is 20.2 Å². The molecule has 0 saturated heterocycles. The van der Waals surface area contributed by atoms with Crippen LogP contribution in [-0.4, -0.2) is 10.7 Å². The number of aliphatic hydroxyl groups is 1. The molecule has 1 atom stereocenters. The highest BCUT2D eigenvalue weighted by molar-refractivity contribution is 5.03. The van der Waals surface area contributed by atoms with Crippen LogP contribution in [0, 0.1) is 17.3 Å². The highest BCUT2D eigenvalue weighted by atomic mass is 16.3. The normalized spacial score (nSPS) is 45.6. The standard InChI is InChI=1S/C14H26O/c1-11-5-7-12(8-6-11)14(15)10-4-9-13(14,2)3/h11-12,15H,4-10H2,1-3H3. The zero-order valence-electron chi connectivity index (χ0n) is 10.6. The van der Waals surface area contributed by atoms with E-state index in [0.717, 1.165) is 12.3 Å². The van der Waals surface area contributed by atoms with Crippen molar-refractivity contribution in [3.63, 3.8) is 0 Å². The van der Waals surface area contributed by atoms with E-state index in [9.17, 15) is 5.11 Å².